The lowest BCUT2D eigenvalue weighted by Crippen LogP contribution is -2.65. The third kappa shape index (κ3) is 3.87. The quantitative estimate of drug-likeness (QED) is 0.622. The lowest BCUT2D eigenvalue weighted by molar-refractivity contribution is -0.167. The summed E-state index contributed by atoms with van der Waals surface area (Å²) in [6.07, 6.45) is 7.64. The molecule has 1 aromatic carbocycles. The molecule has 0 aromatic heterocycles. The SMILES string of the molecule is CCCOC(=O)Nc1ccc(N2CCC[C@@]3(CCN(C45CC6CC(C4)C(O)C(C6)C5)C3=O)C2)c(F)c1. The maximum Gasteiger partial charge on any atom is 0.411 e. The molecule has 1 spiro atoms. The van der Waals surface area contributed by atoms with Crippen molar-refractivity contribution in [1.29, 1.82) is 0 Å². The number of carbonyl (C=O) groups excluding carboxylic acids is 2. The average Bonchev–Trinajstić information content (AvgIpc) is 3.16. The molecule has 7 rings (SSSR count). The Morgan fingerprint density at radius 3 is 2.69 bits per heavy atom. The molecule has 8 heteroatoms. The molecule has 4 saturated carbocycles. The van der Waals surface area contributed by atoms with Crippen molar-refractivity contribution in [3.8, 4) is 0 Å². The zero-order chi connectivity index (χ0) is 25.1. The van der Waals surface area contributed by atoms with Crippen LogP contribution in [0.3, 0.4) is 0 Å². The Bertz CT molecular complexity index is 1030. The average molecular weight is 500 g/mol. The molecule has 3 atom stereocenters. The van der Waals surface area contributed by atoms with Crippen molar-refractivity contribution >= 4 is 23.4 Å². The number of nitrogens with one attached hydrogen (secondary N) is 1. The molecule has 2 N–H and O–H groups in total. The van der Waals surface area contributed by atoms with Crippen molar-refractivity contribution in [2.75, 3.05) is 36.5 Å². The summed E-state index contributed by atoms with van der Waals surface area (Å²) in [7, 11) is 0. The minimum atomic E-state index is -0.588. The number of aliphatic hydroxyl groups excluding tert-OH is 1. The van der Waals surface area contributed by atoms with Crippen molar-refractivity contribution in [3.63, 3.8) is 0 Å². The third-order valence-electron chi connectivity index (χ3n) is 9.83. The molecule has 2 unspecified atom stereocenters. The minimum absolute atomic E-state index is 0.0798. The zero-order valence-corrected chi connectivity index (χ0v) is 21.2. The predicted octanol–water partition coefficient (Wildman–Crippen LogP) is 4.54. The van der Waals surface area contributed by atoms with Gasteiger partial charge < -0.3 is 19.6 Å². The molecule has 2 saturated heterocycles. The second kappa shape index (κ2) is 8.89. The molecular formula is C28H38FN3O4. The topological polar surface area (TPSA) is 82.1 Å². The van der Waals surface area contributed by atoms with Gasteiger partial charge in [-0.1, -0.05) is 6.92 Å². The molecule has 4 bridgehead atoms. The summed E-state index contributed by atoms with van der Waals surface area (Å²) in [5, 5.41) is 13.3. The Labute approximate surface area is 212 Å². The van der Waals surface area contributed by atoms with Crippen LogP contribution in [0.5, 0.6) is 0 Å². The summed E-state index contributed by atoms with van der Waals surface area (Å²) in [6.45, 7) is 4.24. The Kier molecular flexibility index (Phi) is 5.93. The van der Waals surface area contributed by atoms with Crippen LogP contribution in [0.1, 0.15) is 64.7 Å². The highest BCUT2D eigenvalue weighted by Gasteiger charge is 2.62. The van der Waals surface area contributed by atoms with E-state index in [2.05, 4.69) is 10.2 Å². The normalized spacial score (nSPS) is 37.1. The number of hydrogen-bond acceptors (Lipinski definition) is 5. The number of rotatable bonds is 5. The van der Waals surface area contributed by atoms with E-state index >= 15 is 4.39 Å². The fraction of sp³-hybridized carbons (Fsp3) is 0.714. The van der Waals surface area contributed by atoms with Gasteiger partial charge in [-0.25, -0.2) is 9.18 Å². The van der Waals surface area contributed by atoms with Gasteiger partial charge in [-0.2, -0.15) is 0 Å². The number of hydrogen-bond donors (Lipinski definition) is 2. The number of amides is 2. The summed E-state index contributed by atoms with van der Waals surface area (Å²) in [5.74, 6) is 1.16. The summed E-state index contributed by atoms with van der Waals surface area (Å²) in [6, 6.07) is 4.71. The Balaban J connectivity index is 1.17. The first-order chi connectivity index (χ1) is 17.3. The number of benzene rings is 1. The number of piperidine rings is 1. The zero-order valence-electron chi connectivity index (χ0n) is 21.2. The number of ether oxygens (including phenoxy) is 1. The van der Waals surface area contributed by atoms with E-state index in [4.69, 9.17) is 4.74 Å². The standard InChI is InChI=1S/C28H38FN3O4/c1-2-10-36-26(35)30-21-4-5-23(22(29)13-21)31-8-3-6-27(17-31)7-9-32(25(27)34)28-14-18-11-19(15-28)24(33)20(12-18)16-28/h4-5,13,18-20,24,33H,2-3,6-12,14-17H2,1H3,(H,30,35)/t18?,19?,20?,24?,27-,28?/m1/s1. The van der Waals surface area contributed by atoms with Gasteiger partial charge in [0.1, 0.15) is 5.82 Å². The van der Waals surface area contributed by atoms with Crippen LogP contribution in [-0.4, -0.2) is 59.9 Å². The smallest absolute Gasteiger partial charge is 0.411 e. The maximum atomic E-state index is 15.2. The first-order valence-corrected chi connectivity index (χ1v) is 13.8. The van der Waals surface area contributed by atoms with E-state index in [0.717, 1.165) is 64.3 Å². The van der Waals surface area contributed by atoms with Crippen LogP contribution < -0.4 is 10.2 Å². The molecule has 36 heavy (non-hydrogen) atoms. The molecule has 6 fully saturated rings. The number of aliphatic hydroxyl groups is 1. The van der Waals surface area contributed by atoms with Crippen LogP contribution in [0.25, 0.3) is 0 Å². The fourth-order valence-corrected chi connectivity index (χ4v) is 8.46. The molecule has 1 aromatic rings. The van der Waals surface area contributed by atoms with Gasteiger partial charge >= 0.3 is 6.09 Å². The number of likely N-dealkylation sites (tertiary alicyclic amines) is 1. The van der Waals surface area contributed by atoms with Crippen molar-refractivity contribution in [2.45, 2.75) is 76.4 Å². The molecule has 0 radical (unpaired) electrons. The second-order valence-electron chi connectivity index (χ2n) is 12.1. The predicted molar refractivity (Wildman–Crippen MR) is 134 cm³/mol. The Hall–Kier alpha value is -2.35. The Morgan fingerprint density at radius 1 is 1.19 bits per heavy atom. The van der Waals surface area contributed by atoms with E-state index in [-0.39, 0.29) is 17.6 Å². The van der Waals surface area contributed by atoms with E-state index in [9.17, 15) is 14.7 Å². The molecule has 4 aliphatic carbocycles. The van der Waals surface area contributed by atoms with Gasteiger partial charge in [0.15, 0.2) is 0 Å². The lowest BCUT2D eigenvalue weighted by Gasteiger charge is -2.61. The first kappa shape index (κ1) is 24.0. The number of halogens is 1. The summed E-state index contributed by atoms with van der Waals surface area (Å²) < 4.78 is 20.2. The molecule has 196 valence electrons. The maximum absolute atomic E-state index is 15.2. The summed E-state index contributed by atoms with van der Waals surface area (Å²) in [4.78, 5) is 30.1. The highest BCUT2D eigenvalue weighted by molar-refractivity contribution is 5.87. The van der Waals surface area contributed by atoms with Gasteiger partial charge in [0.05, 0.1) is 23.8 Å². The van der Waals surface area contributed by atoms with E-state index in [1.54, 1.807) is 12.1 Å². The largest absolute Gasteiger partial charge is 0.449 e. The summed E-state index contributed by atoms with van der Waals surface area (Å²) >= 11 is 0. The fourth-order valence-electron chi connectivity index (χ4n) is 8.46. The van der Waals surface area contributed by atoms with Gasteiger partial charge in [-0.15, -0.1) is 0 Å². The van der Waals surface area contributed by atoms with Crippen LogP contribution in [0.15, 0.2) is 18.2 Å². The van der Waals surface area contributed by atoms with Gasteiger partial charge in [0.25, 0.3) is 0 Å². The number of anilines is 2. The Morgan fingerprint density at radius 2 is 1.97 bits per heavy atom. The van der Waals surface area contributed by atoms with E-state index in [1.165, 1.54) is 6.07 Å². The third-order valence-corrected chi connectivity index (χ3v) is 9.83. The van der Waals surface area contributed by atoms with Crippen molar-refractivity contribution in [3.05, 3.63) is 24.0 Å². The van der Waals surface area contributed by atoms with Gasteiger partial charge in [0, 0.05) is 30.9 Å². The van der Waals surface area contributed by atoms with Gasteiger partial charge in [-0.05, 0) is 93.7 Å². The van der Waals surface area contributed by atoms with E-state index < -0.39 is 17.3 Å². The summed E-state index contributed by atoms with van der Waals surface area (Å²) in [5.41, 5.74) is 0.291. The van der Waals surface area contributed by atoms with Crippen LogP contribution in [0.4, 0.5) is 20.6 Å². The molecule has 6 aliphatic rings. The molecule has 7 nitrogen and oxygen atoms in total. The van der Waals surface area contributed by atoms with E-state index in [1.807, 2.05) is 11.8 Å². The minimum Gasteiger partial charge on any atom is -0.449 e. The van der Waals surface area contributed by atoms with E-state index in [0.29, 0.717) is 48.8 Å². The molecule has 2 aliphatic heterocycles. The molecular weight excluding hydrogens is 461 g/mol. The van der Waals surface area contributed by atoms with Crippen molar-refractivity contribution < 1.29 is 23.8 Å². The monoisotopic (exact) mass is 499 g/mol. The van der Waals surface area contributed by atoms with Crippen LogP contribution in [0.2, 0.25) is 0 Å². The van der Waals surface area contributed by atoms with Crippen LogP contribution >= 0.6 is 0 Å². The highest BCUT2D eigenvalue weighted by atomic mass is 19.1. The van der Waals surface area contributed by atoms with Gasteiger partial charge in [0.2, 0.25) is 5.91 Å². The van der Waals surface area contributed by atoms with Gasteiger partial charge in [-0.3, -0.25) is 10.1 Å². The number of carbonyl (C=O) groups is 2. The molecule has 2 amide bonds. The highest BCUT2D eigenvalue weighted by Crippen LogP contribution is 2.59. The molecule has 2 heterocycles. The van der Waals surface area contributed by atoms with Crippen LogP contribution in [0, 0.1) is 29.0 Å². The lowest BCUT2D eigenvalue weighted by atomic mass is 9.51. The van der Waals surface area contributed by atoms with Crippen molar-refractivity contribution in [1.82, 2.24) is 4.90 Å². The number of nitrogens with zero attached hydrogens (tertiary/aromatic N) is 2. The van der Waals surface area contributed by atoms with Crippen molar-refractivity contribution in [2.24, 2.45) is 23.2 Å². The first-order valence-electron chi connectivity index (χ1n) is 13.8. The second-order valence-corrected chi connectivity index (χ2v) is 12.1. The van der Waals surface area contributed by atoms with Crippen LogP contribution in [-0.2, 0) is 9.53 Å².